The minimum absolute atomic E-state index is 0.799. The predicted molar refractivity (Wildman–Crippen MR) is 88.7 cm³/mol. The van der Waals surface area contributed by atoms with Gasteiger partial charge in [-0.1, -0.05) is 44.2 Å². The van der Waals surface area contributed by atoms with Gasteiger partial charge in [0.1, 0.15) is 11.3 Å². The fourth-order valence-corrected chi connectivity index (χ4v) is 2.72. The van der Waals surface area contributed by atoms with Crippen molar-refractivity contribution in [3.8, 4) is 0 Å². The number of benzene rings is 2. The van der Waals surface area contributed by atoms with Crippen LogP contribution < -0.4 is 5.32 Å². The van der Waals surface area contributed by atoms with Gasteiger partial charge in [-0.15, -0.1) is 0 Å². The zero-order valence-electron chi connectivity index (χ0n) is 12.6. The lowest BCUT2D eigenvalue weighted by atomic mass is 10.1. The Balaban J connectivity index is 1.87. The second kappa shape index (κ2) is 6.04. The molecule has 0 unspecified atom stereocenters. The van der Waals surface area contributed by atoms with Crippen molar-refractivity contribution in [1.82, 2.24) is 0 Å². The first-order valence-electron chi connectivity index (χ1n) is 7.64. The van der Waals surface area contributed by atoms with Gasteiger partial charge >= 0.3 is 0 Å². The van der Waals surface area contributed by atoms with Crippen molar-refractivity contribution in [3.05, 3.63) is 65.4 Å². The number of para-hydroxylation sites is 1. The molecule has 0 spiro atoms. The Morgan fingerprint density at radius 2 is 1.81 bits per heavy atom. The molecular formula is C19H21NO. The van der Waals surface area contributed by atoms with Crippen LogP contribution in [0.3, 0.4) is 0 Å². The Hall–Kier alpha value is -2.22. The fourth-order valence-electron chi connectivity index (χ4n) is 2.72. The molecule has 0 aliphatic rings. The van der Waals surface area contributed by atoms with Gasteiger partial charge in [-0.05, 0) is 30.2 Å². The van der Waals surface area contributed by atoms with Gasteiger partial charge in [0.2, 0.25) is 0 Å². The molecule has 1 N–H and O–H groups in total. The number of anilines is 1. The highest BCUT2D eigenvalue weighted by Gasteiger charge is 2.11. The highest BCUT2D eigenvalue weighted by atomic mass is 16.3. The van der Waals surface area contributed by atoms with E-state index in [1.54, 1.807) is 0 Å². The van der Waals surface area contributed by atoms with Crippen molar-refractivity contribution in [2.45, 2.75) is 33.2 Å². The summed E-state index contributed by atoms with van der Waals surface area (Å²) in [5, 5.41) is 4.74. The normalized spacial score (nSPS) is 11.0. The molecule has 3 aromatic rings. The van der Waals surface area contributed by atoms with Crippen LogP contribution in [0, 0.1) is 0 Å². The number of fused-ring (bicyclic) bond motifs is 1. The molecule has 0 amide bonds. The van der Waals surface area contributed by atoms with Crippen LogP contribution in [-0.2, 0) is 19.4 Å². The van der Waals surface area contributed by atoms with Crippen molar-refractivity contribution in [3.63, 3.8) is 0 Å². The van der Waals surface area contributed by atoms with Crippen molar-refractivity contribution < 1.29 is 4.42 Å². The summed E-state index contributed by atoms with van der Waals surface area (Å²) in [4.78, 5) is 0. The van der Waals surface area contributed by atoms with Crippen molar-refractivity contribution in [1.29, 1.82) is 0 Å². The van der Waals surface area contributed by atoms with Gasteiger partial charge in [-0.2, -0.15) is 0 Å². The van der Waals surface area contributed by atoms with Gasteiger partial charge in [-0.3, -0.25) is 0 Å². The summed E-state index contributed by atoms with van der Waals surface area (Å²) < 4.78 is 5.94. The quantitative estimate of drug-likeness (QED) is 0.697. The molecule has 0 radical (unpaired) electrons. The van der Waals surface area contributed by atoms with E-state index in [1.807, 2.05) is 12.1 Å². The maximum absolute atomic E-state index is 5.94. The highest BCUT2D eigenvalue weighted by Crippen LogP contribution is 2.27. The summed E-state index contributed by atoms with van der Waals surface area (Å²) in [7, 11) is 0. The van der Waals surface area contributed by atoms with Gasteiger partial charge in [0.15, 0.2) is 0 Å². The number of hydrogen-bond donors (Lipinski definition) is 1. The SMILES string of the molecule is CCc1cccc(NCc2c(CC)oc3ccccc23)c1. The molecule has 2 nitrogen and oxygen atoms in total. The molecule has 0 saturated carbocycles. The first kappa shape index (κ1) is 13.7. The Labute approximate surface area is 125 Å². The lowest BCUT2D eigenvalue weighted by molar-refractivity contribution is 0.551. The van der Waals surface area contributed by atoms with E-state index in [1.165, 1.54) is 22.2 Å². The van der Waals surface area contributed by atoms with E-state index in [0.29, 0.717) is 0 Å². The topological polar surface area (TPSA) is 25.2 Å². The van der Waals surface area contributed by atoms with E-state index < -0.39 is 0 Å². The van der Waals surface area contributed by atoms with E-state index in [0.717, 1.165) is 30.7 Å². The minimum Gasteiger partial charge on any atom is -0.461 e. The zero-order valence-corrected chi connectivity index (χ0v) is 12.6. The third kappa shape index (κ3) is 2.80. The molecule has 1 aromatic heterocycles. The Bertz CT molecular complexity index is 742. The largest absolute Gasteiger partial charge is 0.461 e. The lowest BCUT2D eigenvalue weighted by Gasteiger charge is -2.08. The second-order valence-corrected chi connectivity index (χ2v) is 5.26. The van der Waals surface area contributed by atoms with Gasteiger partial charge in [0, 0.05) is 29.6 Å². The number of aryl methyl sites for hydroxylation is 2. The van der Waals surface area contributed by atoms with Crippen molar-refractivity contribution >= 4 is 16.7 Å². The minimum atomic E-state index is 0.799. The average Bonchev–Trinajstić information content (AvgIpc) is 2.91. The van der Waals surface area contributed by atoms with Crippen LogP contribution in [-0.4, -0.2) is 0 Å². The van der Waals surface area contributed by atoms with Gasteiger partial charge < -0.3 is 9.73 Å². The molecule has 108 valence electrons. The molecule has 21 heavy (non-hydrogen) atoms. The molecule has 0 bridgehead atoms. The Morgan fingerprint density at radius 3 is 2.62 bits per heavy atom. The summed E-state index contributed by atoms with van der Waals surface area (Å²) in [5.41, 5.74) is 4.78. The first-order valence-corrected chi connectivity index (χ1v) is 7.64. The summed E-state index contributed by atoms with van der Waals surface area (Å²) in [6.07, 6.45) is 1.98. The van der Waals surface area contributed by atoms with Crippen LogP contribution in [0.25, 0.3) is 11.0 Å². The van der Waals surface area contributed by atoms with E-state index in [9.17, 15) is 0 Å². The number of nitrogens with one attached hydrogen (secondary N) is 1. The van der Waals surface area contributed by atoms with Crippen LogP contribution >= 0.6 is 0 Å². The number of furan rings is 1. The molecule has 0 aliphatic carbocycles. The van der Waals surface area contributed by atoms with Crippen LogP contribution in [0.1, 0.15) is 30.7 Å². The van der Waals surface area contributed by atoms with E-state index in [4.69, 9.17) is 4.42 Å². The van der Waals surface area contributed by atoms with Gasteiger partial charge in [0.25, 0.3) is 0 Å². The summed E-state index contributed by atoms with van der Waals surface area (Å²) in [6.45, 7) is 5.12. The van der Waals surface area contributed by atoms with E-state index >= 15 is 0 Å². The maximum Gasteiger partial charge on any atom is 0.134 e. The lowest BCUT2D eigenvalue weighted by Crippen LogP contribution is -2.01. The molecule has 0 saturated heterocycles. The molecule has 0 atom stereocenters. The van der Waals surface area contributed by atoms with E-state index in [2.05, 4.69) is 55.6 Å². The van der Waals surface area contributed by atoms with Crippen LogP contribution in [0.4, 0.5) is 5.69 Å². The van der Waals surface area contributed by atoms with Crippen LogP contribution in [0.5, 0.6) is 0 Å². The molecule has 2 aromatic carbocycles. The van der Waals surface area contributed by atoms with Crippen LogP contribution in [0.15, 0.2) is 52.9 Å². The zero-order chi connectivity index (χ0) is 14.7. The smallest absolute Gasteiger partial charge is 0.134 e. The predicted octanol–water partition coefficient (Wildman–Crippen LogP) is 5.17. The van der Waals surface area contributed by atoms with Crippen molar-refractivity contribution in [2.75, 3.05) is 5.32 Å². The molecule has 2 heteroatoms. The molecule has 0 fully saturated rings. The van der Waals surface area contributed by atoms with Gasteiger partial charge in [-0.25, -0.2) is 0 Å². The van der Waals surface area contributed by atoms with Crippen molar-refractivity contribution in [2.24, 2.45) is 0 Å². The summed E-state index contributed by atoms with van der Waals surface area (Å²) in [6, 6.07) is 16.9. The highest BCUT2D eigenvalue weighted by molar-refractivity contribution is 5.82. The molecule has 3 rings (SSSR count). The third-order valence-electron chi connectivity index (χ3n) is 3.91. The third-order valence-corrected chi connectivity index (χ3v) is 3.91. The maximum atomic E-state index is 5.94. The molecule has 0 aliphatic heterocycles. The fraction of sp³-hybridized carbons (Fsp3) is 0.263. The summed E-state index contributed by atoms with van der Waals surface area (Å²) >= 11 is 0. The number of hydrogen-bond acceptors (Lipinski definition) is 2. The van der Waals surface area contributed by atoms with Crippen LogP contribution in [0.2, 0.25) is 0 Å². The Kier molecular flexibility index (Phi) is 3.96. The monoisotopic (exact) mass is 279 g/mol. The van der Waals surface area contributed by atoms with Gasteiger partial charge in [0.05, 0.1) is 0 Å². The first-order chi connectivity index (χ1) is 10.3. The molecule has 1 heterocycles. The molecular weight excluding hydrogens is 258 g/mol. The second-order valence-electron chi connectivity index (χ2n) is 5.26. The standard InChI is InChI=1S/C19H21NO/c1-3-14-8-7-9-15(12-14)20-13-17-16-10-5-6-11-19(16)21-18(17)4-2/h5-12,20H,3-4,13H2,1-2H3. The number of rotatable bonds is 5. The van der Waals surface area contributed by atoms with E-state index in [-0.39, 0.29) is 0 Å². The summed E-state index contributed by atoms with van der Waals surface area (Å²) in [5.74, 6) is 1.08. The Morgan fingerprint density at radius 1 is 0.952 bits per heavy atom. The average molecular weight is 279 g/mol.